The number of ether oxygens (including phenoxy) is 2. The number of nitrogens with one attached hydrogen (secondary N) is 1. The van der Waals surface area contributed by atoms with Crippen LogP contribution in [0.3, 0.4) is 0 Å². The minimum atomic E-state index is 0.0348. The van der Waals surface area contributed by atoms with Crippen LogP contribution in [0.4, 0.5) is 0 Å². The molecule has 0 radical (unpaired) electrons. The van der Waals surface area contributed by atoms with Gasteiger partial charge in [0.15, 0.2) is 17.3 Å². The molecule has 0 fully saturated rings. The van der Waals surface area contributed by atoms with Gasteiger partial charge in [0.25, 0.3) is 0 Å². The summed E-state index contributed by atoms with van der Waals surface area (Å²) in [5, 5.41) is 3.31. The van der Waals surface area contributed by atoms with Crippen LogP contribution >= 0.6 is 0 Å². The Kier molecular flexibility index (Phi) is 4.10. The highest BCUT2D eigenvalue weighted by atomic mass is 16.6. The van der Waals surface area contributed by atoms with E-state index in [1.807, 2.05) is 0 Å². The molecule has 0 saturated carbocycles. The van der Waals surface area contributed by atoms with Gasteiger partial charge in [-0.2, -0.15) is 0 Å². The Bertz CT molecular complexity index is 463. The minimum Gasteiger partial charge on any atom is -0.486 e. The molecule has 4 nitrogen and oxygen atoms in total. The van der Waals surface area contributed by atoms with Crippen molar-refractivity contribution in [2.24, 2.45) is 0 Å². The van der Waals surface area contributed by atoms with E-state index in [0.29, 0.717) is 37.5 Å². The number of carbonyl (C=O) groups is 1. The molecule has 0 bridgehead atoms. The lowest BCUT2D eigenvalue weighted by atomic mass is 10.1. The number of benzene rings is 1. The molecule has 1 aromatic rings. The number of Topliss-reactive ketones (excluding diaryl/α,β-unsaturated/α-hetero) is 1. The Morgan fingerprint density at radius 3 is 2.58 bits per heavy atom. The molecule has 0 aliphatic carbocycles. The summed E-state index contributed by atoms with van der Waals surface area (Å²) in [5.74, 6) is 1.50. The van der Waals surface area contributed by atoms with Crippen molar-refractivity contribution < 1.29 is 14.3 Å². The molecule has 0 saturated heterocycles. The van der Waals surface area contributed by atoms with E-state index in [4.69, 9.17) is 9.47 Å². The molecule has 0 amide bonds. The lowest BCUT2D eigenvalue weighted by molar-refractivity contribution is 0.0979. The summed E-state index contributed by atoms with van der Waals surface area (Å²) >= 11 is 0. The van der Waals surface area contributed by atoms with Crippen molar-refractivity contribution in [2.45, 2.75) is 32.7 Å². The first kappa shape index (κ1) is 13.9. The van der Waals surface area contributed by atoms with Gasteiger partial charge in [-0.3, -0.25) is 4.79 Å². The number of ketones is 1. The minimum absolute atomic E-state index is 0.0348. The van der Waals surface area contributed by atoms with Crippen molar-refractivity contribution in [3.05, 3.63) is 23.8 Å². The van der Waals surface area contributed by atoms with Gasteiger partial charge in [-0.1, -0.05) is 0 Å². The van der Waals surface area contributed by atoms with Gasteiger partial charge >= 0.3 is 0 Å². The van der Waals surface area contributed by atoms with E-state index in [-0.39, 0.29) is 11.3 Å². The van der Waals surface area contributed by atoms with Crippen LogP contribution < -0.4 is 14.8 Å². The second kappa shape index (κ2) is 5.61. The average Bonchev–Trinajstić information content (AvgIpc) is 2.36. The maximum absolute atomic E-state index is 12.1. The zero-order chi connectivity index (χ0) is 13.9. The van der Waals surface area contributed by atoms with Crippen LogP contribution in [0.25, 0.3) is 0 Å². The maximum Gasteiger partial charge on any atom is 0.164 e. The van der Waals surface area contributed by atoms with E-state index in [1.54, 1.807) is 18.2 Å². The van der Waals surface area contributed by atoms with Crippen molar-refractivity contribution >= 4 is 5.78 Å². The first-order valence-electron chi connectivity index (χ1n) is 6.63. The fourth-order valence-electron chi connectivity index (χ4n) is 1.91. The number of hydrogen-bond acceptors (Lipinski definition) is 4. The molecule has 1 N–H and O–H groups in total. The zero-order valence-electron chi connectivity index (χ0n) is 11.8. The summed E-state index contributed by atoms with van der Waals surface area (Å²) in [6.07, 6.45) is 0.483. The van der Waals surface area contributed by atoms with Crippen LogP contribution in [0.2, 0.25) is 0 Å². The standard InChI is InChI=1S/C15H21NO3/c1-15(2,3)16-7-6-12(17)11-4-5-13-14(10-11)19-9-8-18-13/h4-5,10,16H,6-9H2,1-3H3. The Hall–Kier alpha value is -1.55. The SMILES string of the molecule is CC(C)(C)NCCC(=O)c1ccc2c(c1)OCCO2. The van der Waals surface area contributed by atoms with Crippen molar-refractivity contribution in [1.29, 1.82) is 0 Å². The summed E-state index contributed by atoms with van der Waals surface area (Å²) < 4.78 is 10.9. The molecular formula is C15H21NO3. The van der Waals surface area contributed by atoms with Gasteiger partial charge in [0.2, 0.25) is 0 Å². The highest BCUT2D eigenvalue weighted by Gasteiger charge is 2.15. The molecule has 0 spiro atoms. The predicted molar refractivity (Wildman–Crippen MR) is 74.1 cm³/mol. The van der Waals surface area contributed by atoms with E-state index in [2.05, 4.69) is 26.1 Å². The maximum atomic E-state index is 12.1. The Balaban J connectivity index is 1.96. The largest absolute Gasteiger partial charge is 0.486 e. The van der Waals surface area contributed by atoms with Gasteiger partial charge in [-0.15, -0.1) is 0 Å². The fraction of sp³-hybridized carbons (Fsp3) is 0.533. The lowest BCUT2D eigenvalue weighted by Crippen LogP contribution is -2.37. The fourth-order valence-corrected chi connectivity index (χ4v) is 1.91. The van der Waals surface area contributed by atoms with Crippen LogP contribution in [0.15, 0.2) is 18.2 Å². The molecule has 0 unspecified atom stereocenters. The third kappa shape index (κ3) is 3.96. The van der Waals surface area contributed by atoms with Crippen molar-refractivity contribution in [2.75, 3.05) is 19.8 Å². The van der Waals surface area contributed by atoms with E-state index in [1.165, 1.54) is 0 Å². The van der Waals surface area contributed by atoms with Crippen LogP contribution in [-0.2, 0) is 0 Å². The first-order valence-corrected chi connectivity index (χ1v) is 6.63. The van der Waals surface area contributed by atoms with Gasteiger partial charge in [0, 0.05) is 24.1 Å². The van der Waals surface area contributed by atoms with Crippen LogP contribution in [0.5, 0.6) is 11.5 Å². The molecule has 0 atom stereocenters. The molecule has 104 valence electrons. The van der Waals surface area contributed by atoms with Crippen LogP contribution in [0, 0.1) is 0 Å². The molecule has 2 rings (SSSR count). The highest BCUT2D eigenvalue weighted by Crippen LogP contribution is 2.31. The molecule has 19 heavy (non-hydrogen) atoms. The van der Waals surface area contributed by atoms with Gasteiger partial charge in [-0.05, 0) is 39.0 Å². The van der Waals surface area contributed by atoms with Crippen molar-refractivity contribution in [3.8, 4) is 11.5 Å². The summed E-state index contributed by atoms with van der Waals surface area (Å²) in [6, 6.07) is 5.37. The van der Waals surface area contributed by atoms with Crippen molar-refractivity contribution in [1.82, 2.24) is 5.32 Å². The number of fused-ring (bicyclic) bond motifs is 1. The third-order valence-corrected chi connectivity index (χ3v) is 2.87. The number of carbonyl (C=O) groups excluding carboxylic acids is 1. The van der Waals surface area contributed by atoms with Gasteiger partial charge in [0.1, 0.15) is 13.2 Å². The first-order chi connectivity index (χ1) is 8.96. The average molecular weight is 263 g/mol. The Morgan fingerprint density at radius 1 is 1.21 bits per heavy atom. The van der Waals surface area contributed by atoms with E-state index < -0.39 is 0 Å². The molecule has 1 aliphatic heterocycles. The van der Waals surface area contributed by atoms with Crippen molar-refractivity contribution in [3.63, 3.8) is 0 Å². The third-order valence-electron chi connectivity index (χ3n) is 2.87. The van der Waals surface area contributed by atoms with E-state index in [9.17, 15) is 4.79 Å². The van der Waals surface area contributed by atoms with E-state index in [0.717, 1.165) is 5.75 Å². The van der Waals surface area contributed by atoms with Crippen LogP contribution in [-0.4, -0.2) is 31.1 Å². The quantitative estimate of drug-likeness (QED) is 0.847. The number of hydrogen-bond donors (Lipinski definition) is 1. The normalized spacial score (nSPS) is 14.3. The molecule has 4 heteroatoms. The van der Waals surface area contributed by atoms with E-state index >= 15 is 0 Å². The Morgan fingerprint density at radius 2 is 1.89 bits per heavy atom. The summed E-state index contributed by atoms with van der Waals surface area (Å²) in [6.45, 7) is 8.04. The van der Waals surface area contributed by atoms with Gasteiger partial charge in [-0.25, -0.2) is 0 Å². The van der Waals surface area contributed by atoms with Gasteiger partial charge < -0.3 is 14.8 Å². The number of rotatable bonds is 4. The summed E-state index contributed by atoms with van der Waals surface area (Å²) in [5.41, 5.74) is 0.715. The molecule has 0 aromatic heterocycles. The lowest BCUT2D eigenvalue weighted by Gasteiger charge is -2.20. The topological polar surface area (TPSA) is 47.6 Å². The predicted octanol–water partition coefficient (Wildman–Crippen LogP) is 2.42. The second-order valence-electron chi connectivity index (χ2n) is 5.71. The Labute approximate surface area is 114 Å². The monoisotopic (exact) mass is 263 g/mol. The molecule has 1 aromatic carbocycles. The summed E-state index contributed by atoms with van der Waals surface area (Å²) in [4.78, 5) is 12.1. The molecule has 1 aliphatic rings. The van der Waals surface area contributed by atoms with Gasteiger partial charge in [0.05, 0.1) is 0 Å². The smallest absolute Gasteiger partial charge is 0.164 e. The molecular weight excluding hydrogens is 242 g/mol. The van der Waals surface area contributed by atoms with Crippen LogP contribution in [0.1, 0.15) is 37.6 Å². The summed E-state index contributed by atoms with van der Waals surface area (Å²) in [7, 11) is 0. The highest BCUT2D eigenvalue weighted by molar-refractivity contribution is 5.96. The second-order valence-corrected chi connectivity index (χ2v) is 5.71. The molecule has 1 heterocycles. The zero-order valence-corrected chi connectivity index (χ0v) is 11.8.